The molecule has 1 atom stereocenters. The molecule has 0 radical (unpaired) electrons. The molecule has 1 aliphatic heterocycles. The van der Waals surface area contributed by atoms with Crippen LogP contribution in [0.3, 0.4) is 0 Å². The van der Waals surface area contributed by atoms with Gasteiger partial charge in [-0.3, -0.25) is 14.5 Å². The molecule has 0 spiro atoms. The summed E-state index contributed by atoms with van der Waals surface area (Å²) in [6.07, 6.45) is 6.60. The molecule has 0 N–H and O–H groups in total. The van der Waals surface area contributed by atoms with Gasteiger partial charge in [-0.15, -0.1) is 0 Å². The van der Waals surface area contributed by atoms with Gasteiger partial charge in [-0.1, -0.05) is 5.16 Å². The van der Waals surface area contributed by atoms with Crippen molar-refractivity contribution in [2.75, 3.05) is 19.6 Å². The molecule has 2 aliphatic rings. The molecule has 1 saturated carbocycles. The van der Waals surface area contributed by atoms with Crippen LogP contribution in [-0.4, -0.2) is 50.4 Å². The first-order valence-corrected chi connectivity index (χ1v) is 8.57. The highest BCUT2D eigenvalue weighted by molar-refractivity contribution is 5.14. The van der Waals surface area contributed by atoms with Crippen LogP contribution < -0.4 is 0 Å². The van der Waals surface area contributed by atoms with Gasteiger partial charge in [-0.05, 0) is 19.8 Å². The van der Waals surface area contributed by atoms with Gasteiger partial charge in [-0.25, -0.2) is 0 Å². The molecular weight excluding hydrogens is 290 g/mol. The van der Waals surface area contributed by atoms with E-state index in [0.29, 0.717) is 12.0 Å². The molecule has 124 valence electrons. The van der Waals surface area contributed by atoms with E-state index in [1.54, 1.807) is 0 Å². The number of aromatic nitrogens is 3. The fraction of sp³-hybridized carbons (Fsp3) is 0.647. The smallest absolute Gasteiger partial charge is 0.140 e. The van der Waals surface area contributed by atoms with Crippen molar-refractivity contribution in [3.05, 3.63) is 35.5 Å². The molecule has 0 aromatic carbocycles. The molecule has 0 amide bonds. The normalized spacial score (nSPS) is 23.5. The third kappa shape index (κ3) is 3.48. The van der Waals surface area contributed by atoms with Crippen molar-refractivity contribution in [1.82, 2.24) is 24.7 Å². The number of aryl methyl sites for hydroxylation is 1. The molecular formula is C17H25N5O. The van der Waals surface area contributed by atoms with Gasteiger partial charge in [0, 0.05) is 69.6 Å². The Labute approximate surface area is 137 Å². The minimum absolute atomic E-state index is 0.541. The number of rotatable bonds is 5. The maximum atomic E-state index is 5.46. The van der Waals surface area contributed by atoms with E-state index in [4.69, 9.17) is 4.52 Å². The Kier molecular flexibility index (Phi) is 3.95. The quantitative estimate of drug-likeness (QED) is 0.844. The highest BCUT2D eigenvalue weighted by Crippen LogP contribution is 2.40. The van der Waals surface area contributed by atoms with Crippen LogP contribution >= 0.6 is 0 Å². The number of hydrogen-bond acceptors (Lipinski definition) is 5. The summed E-state index contributed by atoms with van der Waals surface area (Å²) in [7, 11) is 1.97. The Bertz CT molecular complexity index is 659. The maximum absolute atomic E-state index is 5.46. The Morgan fingerprint density at radius 3 is 2.83 bits per heavy atom. The van der Waals surface area contributed by atoms with Gasteiger partial charge in [-0.2, -0.15) is 5.10 Å². The first-order chi connectivity index (χ1) is 11.2. The van der Waals surface area contributed by atoms with E-state index in [9.17, 15) is 0 Å². The van der Waals surface area contributed by atoms with Gasteiger partial charge >= 0.3 is 0 Å². The van der Waals surface area contributed by atoms with E-state index in [1.807, 2.05) is 17.9 Å². The summed E-state index contributed by atoms with van der Waals surface area (Å²) in [6.45, 7) is 7.44. The largest absolute Gasteiger partial charge is 0.361 e. The summed E-state index contributed by atoms with van der Waals surface area (Å²) >= 11 is 0. The first kappa shape index (κ1) is 14.9. The zero-order chi connectivity index (χ0) is 15.8. The average Bonchev–Trinajstić information content (AvgIpc) is 3.14. The summed E-state index contributed by atoms with van der Waals surface area (Å²) in [6, 6.07) is 2.70. The van der Waals surface area contributed by atoms with Crippen molar-refractivity contribution in [2.24, 2.45) is 7.05 Å². The molecule has 4 rings (SSSR count). The monoisotopic (exact) mass is 315 g/mol. The van der Waals surface area contributed by atoms with Crippen LogP contribution in [0, 0.1) is 0 Å². The molecule has 6 heteroatoms. The summed E-state index contributed by atoms with van der Waals surface area (Å²) in [5.74, 6) is 1.73. The molecule has 2 aromatic rings. The van der Waals surface area contributed by atoms with Crippen LogP contribution in [0.1, 0.15) is 42.7 Å². The van der Waals surface area contributed by atoms with E-state index >= 15 is 0 Å². The van der Waals surface area contributed by atoms with E-state index in [1.165, 1.54) is 18.4 Å². The molecule has 0 bridgehead atoms. The summed E-state index contributed by atoms with van der Waals surface area (Å²) in [5, 5.41) is 8.51. The van der Waals surface area contributed by atoms with Gasteiger partial charge in [0.1, 0.15) is 5.76 Å². The van der Waals surface area contributed by atoms with Crippen molar-refractivity contribution in [1.29, 1.82) is 0 Å². The SMILES string of the molecule is CC1CN(Cc2cc(C3CC3)on2)CCN1Cc1cnn(C)c1. The van der Waals surface area contributed by atoms with Gasteiger partial charge in [0.15, 0.2) is 0 Å². The zero-order valence-corrected chi connectivity index (χ0v) is 14.0. The zero-order valence-electron chi connectivity index (χ0n) is 14.0. The van der Waals surface area contributed by atoms with Gasteiger partial charge in [0.2, 0.25) is 0 Å². The Morgan fingerprint density at radius 2 is 2.13 bits per heavy atom. The Morgan fingerprint density at radius 1 is 1.26 bits per heavy atom. The maximum Gasteiger partial charge on any atom is 0.140 e. The average molecular weight is 315 g/mol. The Hall–Kier alpha value is -1.66. The lowest BCUT2D eigenvalue weighted by atomic mass is 10.1. The highest BCUT2D eigenvalue weighted by atomic mass is 16.5. The fourth-order valence-corrected chi connectivity index (χ4v) is 3.43. The number of hydrogen-bond donors (Lipinski definition) is 0. The molecule has 6 nitrogen and oxygen atoms in total. The van der Waals surface area contributed by atoms with E-state index < -0.39 is 0 Å². The molecule has 3 heterocycles. The van der Waals surface area contributed by atoms with Crippen molar-refractivity contribution < 1.29 is 4.52 Å². The predicted octanol–water partition coefficient (Wildman–Crippen LogP) is 1.99. The molecule has 2 fully saturated rings. The van der Waals surface area contributed by atoms with Crippen LogP contribution in [0.5, 0.6) is 0 Å². The lowest BCUT2D eigenvalue weighted by molar-refractivity contribution is 0.0719. The van der Waals surface area contributed by atoms with Crippen molar-refractivity contribution in [3.8, 4) is 0 Å². The van der Waals surface area contributed by atoms with Crippen molar-refractivity contribution >= 4 is 0 Å². The lowest BCUT2D eigenvalue weighted by Crippen LogP contribution is -2.50. The van der Waals surface area contributed by atoms with Gasteiger partial charge in [0.25, 0.3) is 0 Å². The molecule has 2 aromatic heterocycles. The van der Waals surface area contributed by atoms with Crippen molar-refractivity contribution in [2.45, 2.75) is 44.8 Å². The van der Waals surface area contributed by atoms with E-state index in [0.717, 1.165) is 44.2 Å². The molecule has 23 heavy (non-hydrogen) atoms. The predicted molar refractivity (Wildman–Crippen MR) is 86.8 cm³/mol. The van der Waals surface area contributed by atoms with E-state index in [-0.39, 0.29) is 0 Å². The van der Waals surface area contributed by atoms with Gasteiger partial charge in [0.05, 0.1) is 11.9 Å². The second-order valence-corrected chi connectivity index (χ2v) is 7.07. The summed E-state index contributed by atoms with van der Waals surface area (Å²) < 4.78 is 7.34. The third-order valence-electron chi connectivity index (χ3n) is 4.94. The first-order valence-electron chi connectivity index (χ1n) is 8.57. The second-order valence-electron chi connectivity index (χ2n) is 7.07. The van der Waals surface area contributed by atoms with Crippen LogP contribution in [0.25, 0.3) is 0 Å². The van der Waals surface area contributed by atoms with Crippen molar-refractivity contribution in [3.63, 3.8) is 0 Å². The second kappa shape index (κ2) is 6.09. The van der Waals surface area contributed by atoms with Crippen LogP contribution in [0.4, 0.5) is 0 Å². The van der Waals surface area contributed by atoms with Crippen LogP contribution in [0.2, 0.25) is 0 Å². The van der Waals surface area contributed by atoms with Crippen LogP contribution in [-0.2, 0) is 20.1 Å². The highest BCUT2D eigenvalue weighted by Gasteiger charge is 2.29. The molecule has 1 aliphatic carbocycles. The standard InChI is InChI=1S/C17H25N5O/c1-13-9-21(12-16-7-17(23-19-16)15-3-4-15)5-6-22(13)11-14-8-18-20(2)10-14/h7-8,10,13,15H,3-6,9,11-12H2,1-2H3. The number of nitrogens with zero attached hydrogens (tertiary/aromatic N) is 5. The van der Waals surface area contributed by atoms with E-state index in [2.05, 4.69) is 39.2 Å². The lowest BCUT2D eigenvalue weighted by Gasteiger charge is -2.39. The minimum Gasteiger partial charge on any atom is -0.361 e. The Balaban J connectivity index is 1.31. The summed E-state index contributed by atoms with van der Waals surface area (Å²) in [4.78, 5) is 5.02. The van der Waals surface area contributed by atoms with Crippen LogP contribution in [0.15, 0.2) is 23.0 Å². The fourth-order valence-electron chi connectivity index (χ4n) is 3.43. The summed E-state index contributed by atoms with van der Waals surface area (Å²) in [5.41, 5.74) is 2.37. The minimum atomic E-state index is 0.541. The molecule has 1 unspecified atom stereocenters. The topological polar surface area (TPSA) is 50.3 Å². The number of piperazine rings is 1. The van der Waals surface area contributed by atoms with Gasteiger partial charge < -0.3 is 4.52 Å². The molecule has 1 saturated heterocycles. The third-order valence-corrected chi connectivity index (χ3v) is 4.94.